The number of rotatable bonds is 7. The number of unbranched alkanes of at least 4 members (excludes halogenated alkanes) is 1. The molecular formula is C12H16N2O3S. The van der Waals surface area contributed by atoms with Crippen LogP contribution in [0.25, 0.3) is 0 Å². The SMILES string of the molecule is CCCCSCC(=O)Nc1cccc(C(=O)O)n1. The molecule has 0 aliphatic rings. The van der Waals surface area contributed by atoms with E-state index >= 15 is 0 Å². The minimum atomic E-state index is -1.11. The molecule has 0 aromatic carbocycles. The number of hydrogen-bond acceptors (Lipinski definition) is 4. The van der Waals surface area contributed by atoms with Crippen LogP contribution in [0.4, 0.5) is 5.82 Å². The quantitative estimate of drug-likeness (QED) is 0.741. The Labute approximate surface area is 110 Å². The second-order valence-corrected chi connectivity index (χ2v) is 4.77. The van der Waals surface area contributed by atoms with Gasteiger partial charge in [-0.1, -0.05) is 19.4 Å². The van der Waals surface area contributed by atoms with Gasteiger partial charge in [-0.25, -0.2) is 9.78 Å². The smallest absolute Gasteiger partial charge is 0.354 e. The average molecular weight is 268 g/mol. The van der Waals surface area contributed by atoms with Crippen LogP contribution in [0.15, 0.2) is 18.2 Å². The first-order chi connectivity index (χ1) is 8.63. The zero-order valence-electron chi connectivity index (χ0n) is 10.2. The van der Waals surface area contributed by atoms with Crippen LogP contribution in [0.3, 0.4) is 0 Å². The monoisotopic (exact) mass is 268 g/mol. The number of thioether (sulfide) groups is 1. The van der Waals surface area contributed by atoms with Crippen LogP contribution < -0.4 is 5.32 Å². The number of carbonyl (C=O) groups excluding carboxylic acids is 1. The predicted molar refractivity (Wildman–Crippen MR) is 72.1 cm³/mol. The normalized spacial score (nSPS) is 10.1. The topological polar surface area (TPSA) is 79.3 Å². The van der Waals surface area contributed by atoms with Crippen molar-refractivity contribution >= 4 is 29.5 Å². The molecule has 1 aromatic heterocycles. The van der Waals surface area contributed by atoms with Crippen molar-refractivity contribution in [2.24, 2.45) is 0 Å². The number of hydrogen-bond donors (Lipinski definition) is 2. The molecule has 0 aliphatic carbocycles. The zero-order chi connectivity index (χ0) is 13.4. The molecule has 0 spiro atoms. The fourth-order valence-electron chi connectivity index (χ4n) is 1.21. The molecule has 0 saturated carbocycles. The summed E-state index contributed by atoms with van der Waals surface area (Å²) in [4.78, 5) is 26.1. The Balaban J connectivity index is 2.44. The number of anilines is 1. The van der Waals surface area contributed by atoms with Crippen molar-refractivity contribution in [1.82, 2.24) is 4.98 Å². The maximum atomic E-state index is 11.5. The lowest BCUT2D eigenvalue weighted by molar-refractivity contribution is -0.113. The average Bonchev–Trinajstić information content (AvgIpc) is 2.35. The van der Waals surface area contributed by atoms with Crippen LogP contribution in [0.1, 0.15) is 30.3 Å². The highest BCUT2D eigenvalue weighted by atomic mass is 32.2. The number of carboxylic acids is 1. The molecule has 1 aromatic rings. The molecule has 0 radical (unpaired) electrons. The first-order valence-electron chi connectivity index (χ1n) is 5.71. The first-order valence-corrected chi connectivity index (χ1v) is 6.87. The third-order valence-corrected chi connectivity index (χ3v) is 3.15. The zero-order valence-corrected chi connectivity index (χ0v) is 11.0. The second kappa shape index (κ2) is 7.71. The Hall–Kier alpha value is -1.56. The van der Waals surface area contributed by atoms with E-state index in [1.54, 1.807) is 23.9 Å². The lowest BCUT2D eigenvalue weighted by Gasteiger charge is -2.04. The van der Waals surface area contributed by atoms with Gasteiger partial charge in [0.15, 0.2) is 5.69 Å². The maximum absolute atomic E-state index is 11.5. The Kier molecular flexibility index (Phi) is 6.21. The van der Waals surface area contributed by atoms with Crippen molar-refractivity contribution in [3.8, 4) is 0 Å². The Morgan fingerprint density at radius 3 is 2.89 bits per heavy atom. The fourth-order valence-corrected chi connectivity index (χ4v) is 2.11. The highest BCUT2D eigenvalue weighted by molar-refractivity contribution is 7.99. The van der Waals surface area contributed by atoms with Gasteiger partial charge in [0.1, 0.15) is 5.82 Å². The van der Waals surface area contributed by atoms with Gasteiger partial charge in [0, 0.05) is 0 Å². The Morgan fingerprint density at radius 2 is 2.22 bits per heavy atom. The van der Waals surface area contributed by atoms with E-state index in [1.807, 2.05) is 0 Å². The number of pyridine rings is 1. The number of nitrogens with zero attached hydrogens (tertiary/aromatic N) is 1. The molecule has 0 unspecified atom stereocenters. The van der Waals surface area contributed by atoms with Crippen molar-refractivity contribution in [2.45, 2.75) is 19.8 Å². The van der Waals surface area contributed by atoms with Gasteiger partial charge in [0.05, 0.1) is 5.75 Å². The minimum absolute atomic E-state index is 0.0774. The molecule has 98 valence electrons. The summed E-state index contributed by atoms with van der Waals surface area (Å²) < 4.78 is 0. The number of nitrogens with one attached hydrogen (secondary N) is 1. The fraction of sp³-hybridized carbons (Fsp3) is 0.417. The van der Waals surface area contributed by atoms with Gasteiger partial charge in [0.2, 0.25) is 5.91 Å². The summed E-state index contributed by atoms with van der Waals surface area (Å²) in [5.74, 6) is 0.316. The lowest BCUT2D eigenvalue weighted by atomic mass is 10.3. The Morgan fingerprint density at radius 1 is 1.44 bits per heavy atom. The van der Waals surface area contributed by atoms with E-state index < -0.39 is 5.97 Å². The number of carboxylic acid groups (broad SMARTS) is 1. The highest BCUT2D eigenvalue weighted by Crippen LogP contribution is 2.08. The van der Waals surface area contributed by atoms with Crippen LogP contribution in [-0.2, 0) is 4.79 Å². The lowest BCUT2D eigenvalue weighted by Crippen LogP contribution is -2.16. The molecule has 0 saturated heterocycles. The van der Waals surface area contributed by atoms with Crippen molar-refractivity contribution in [2.75, 3.05) is 16.8 Å². The van der Waals surface area contributed by atoms with Gasteiger partial charge in [0.25, 0.3) is 0 Å². The predicted octanol–water partition coefficient (Wildman–Crippen LogP) is 2.25. The molecule has 0 aliphatic heterocycles. The van der Waals surface area contributed by atoms with E-state index in [9.17, 15) is 9.59 Å². The van der Waals surface area contributed by atoms with Crippen LogP contribution in [-0.4, -0.2) is 33.5 Å². The summed E-state index contributed by atoms with van der Waals surface area (Å²) in [7, 11) is 0. The molecule has 0 bridgehead atoms. The summed E-state index contributed by atoms with van der Waals surface area (Å²) in [6.45, 7) is 2.10. The highest BCUT2D eigenvalue weighted by Gasteiger charge is 2.07. The third-order valence-electron chi connectivity index (χ3n) is 2.11. The van der Waals surface area contributed by atoms with Crippen LogP contribution >= 0.6 is 11.8 Å². The van der Waals surface area contributed by atoms with Gasteiger partial charge < -0.3 is 10.4 Å². The molecule has 2 N–H and O–H groups in total. The number of aromatic carboxylic acids is 1. The summed E-state index contributed by atoms with van der Waals surface area (Å²) in [5, 5.41) is 11.3. The summed E-state index contributed by atoms with van der Waals surface area (Å²) in [5.41, 5.74) is -0.0774. The van der Waals surface area contributed by atoms with Gasteiger partial charge in [-0.3, -0.25) is 4.79 Å². The van der Waals surface area contributed by atoms with Crippen molar-refractivity contribution in [3.63, 3.8) is 0 Å². The largest absolute Gasteiger partial charge is 0.477 e. The maximum Gasteiger partial charge on any atom is 0.354 e. The van der Waals surface area contributed by atoms with E-state index in [2.05, 4.69) is 17.2 Å². The molecule has 1 heterocycles. The Bertz CT molecular complexity index is 424. The van der Waals surface area contributed by atoms with Crippen molar-refractivity contribution in [1.29, 1.82) is 0 Å². The molecule has 1 rings (SSSR count). The van der Waals surface area contributed by atoms with E-state index in [0.717, 1.165) is 18.6 Å². The van der Waals surface area contributed by atoms with Crippen LogP contribution in [0, 0.1) is 0 Å². The van der Waals surface area contributed by atoms with E-state index in [0.29, 0.717) is 5.75 Å². The third kappa shape index (κ3) is 5.18. The second-order valence-electron chi connectivity index (χ2n) is 3.67. The molecule has 5 nitrogen and oxygen atoms in total. The molecule has 18 heavy (non-hydrogen) atoms. The van der Waals surface area contributed by atoms with E-state index in [-0.39, 0.29) is 17.4 Å². The minimum Gasteiger partial charge on any atom is -0.477 e. The number of carbonyl (C=O) groups is 2. The summed E-state index contributed by atoms with van der Waals surface area (Å²) in [6.07, 6.45) is 2.20. The van der Waals surface area contributed by atoms with E-state index in [1.165, 1.54) is 6.07 Å². The molecule has 0 fully saturated rings. The van der Waals surface area contributed by atoms with E-state index in [4.69, 9.17) is 5.11 Å². The number of amides is 1. The number of aromatic nitrogens is 1. The molecule has 6 heteroatoms. The van der Waals surface area contributed by atoms with Gasteiger partial charge in [-0.05, 0) is 24.3 Å². The summed E-state index contributed by atoms with van der Waals surface area (Å²) in [6, 6.07) is 4.51. The van der Waals surface area contributed by atoms with Gasteiger partial charge >= 0.3 is 5.97 Å². The van der Waals surface area contributed by atoms with Gasteiger partial charge in [-0.15, -0.1) is 0 Å². The molecule has 1 amide bonds. The summed E-state index contributed by atoms with van der Waals surface area (Å²) >= 11 is 1.56. The molecular weight excluding hydrogens is 252 g/mol. The molecule has 0 atom stereocenters. The van der Waals surface area contributed by atoms with Crippen molar-refractivity contribution in [3.05, 3.63) is 23.9 Å². The first kappa shape index (κ1) is 14.5. The van der Waals surface area contributed by atoms with Crippen LogP contribution in [0.5, 0.6) is 0 Å². The van der Waals surface area contributed by atoms with Crippen LogP contribution in [0.2, 0.25) is 0 Å². The van der Waals surface area contributed by atoms with Crippen molar-refractivity contribution < 1.29 is 14.7 Å². The standard InChI is InChI=1S/C12H16N2O3S/c1-2-3-7-18-8-11(15)14-10-6-4-5-9(13-10)12(16)17/h4-6H,2-3,7-8H2,1H3,(H,16,17)(H,13,14,15). The van der Waals surface area contributed by atoms with Gasteiger partial charge in [-0.2, -0.15) is 11.8 Å².